The first-order valence-corrected chi connectivity index (χ1v) is 11.1. The van der Waals surface area contributed by atoms with Crippen molar-refractivity contribution >= 4 is 67.8 Å². The number of hydrogen-bond donors (Lipinski definition) is 2. The van der Waals surface area contributed by atoms with Crippen LogP contribution < -0.4 is 5.32 Å². The van der Waals surface area contributed by atoms with Crippen LogP contribution in [0.1, 0.15) is 23.4 Å². The van der Waals surface area contributed by atoms with Crippen molar-refractivity contribution < 1.29 is 4.79 Å². The van der Waals surface area contributed by atoms with Crippen molar-refractivity contribution in [2.45, 2.75) is 30.8 Å². The zero-order valence-electron chi connectivity index (χ0n) is 14.7. The lowest BCUT2D eigenvalue weighted by Crippen LogP contribution is -2.14. The molecule has 0 saturated heterocycles. The Kier molecular flexibility index (Phi) is 4.65. The van der Waals surface area contributed by atoms with Gasteiger partial charge in [0.15, 0.2) is 10.8 Å². The van der Waals surface area contributed by atoms with Crippen molar-refractivity contribution in [3.05, 3.63) is 33.8 Å². The van der Waals surface area contributed by atoms with Gasteiger partial charge in [-0.05, 0) is 43.9 Å². The molecule has 0 atom stereocenters. The minimum Gasteiger partial charge on any atom is -0.338 e. The maximum atomic E-state index is 12.3. The van der Waals surface area contributed by atoms with Crippen LogP contribution in [0.15, 0.2) is 23.4 Å². The molecule has 3 heterocycles. The molecule has 28 heavy (non-hydrogen) atoms. The van der Waals surface area contributed by atoms with Crippen LogP contribution in [0.4, 0.5) is 5.13 Å². The SMILES string of the molecule is O=C(CSc1nnc2c(n1)[nH]c1ccc(Cl)cc12)Nc1nc2c(s1)CCCC2. The number of benzene rings is 1. The smallest absolute Gasteiger partial charge is 0.236 e. The Bertz CT molecular complexity index is 1180. The van der Waals surface area contributed by atoms with Gasteiger partial charge in [-0.15, -0.1) is 21.5 Å². The second kappa shape index (κ2) is 7.31. The fourth-order valence-electron chi connectivity index (χ4n) is 3.28. The van der Waals surface area contributed by atoms with Crippen LogP contribution in [0, 0.1) is 0 Å². The maximum absolute atomic E-state index is 12.3. The van der Waals surface area contributed by atoms with Gasteiger partial charge in [0.2, 0.25) is 11.1 Å². The Labute approximate surface area is 173 Å². The van der Waals surface area contributed by atoms with E-state index in [-0.39, 0.29) is 11.7 Å². The number of amides is 1. The Morgan fingerprint density at radius 1 is 1.25 bits per heavy atom. The first kappa shape index (κ1) is 17.8. The summed E-state index contributed by atoms with van der Waals surface area (Å²) >= 11 is 8.88. The molecule has 142 valence electrons. The fourth-order valence-corrected chi connectivity index (χ4v) is 5.11. The van der Waals surface area contributed by atoms with Crippen molar-refractivity contribution in [3.8, 4) is 0 Å². The number of aromatic amines is 1. The van der Waals surface area contributed by atoms with E-state index in [0.29, 0.717) is 26.5 Å². The minimum atomic E-state index is -0.122. The quantitative estimate of drug-likeness (QED) is 0.470. The number of thioether (sulfide) groups is 1. The number of halogens is 1. The highest BCUT2D eigenvalue weighted by atomic mass is 35.5. The highest BCUT2D eigenvalue weighted by molar-refractivity contribution is 7.99. The second-order valence-corrected chi connectivity index (χ2v) is 9.00. The number of carbonyl (C=O) groups excluding carboxylic acids is 1. The van der Waals surface area contributed by atoms with Gasteiger partial charge in [-0.2, -0.15) is 0 Å². The van der Waals surface area contributed by atoms with E-state index >= 15 is 0 Å². The predicted octanol–water partition coefficient (Wildman–Crippen LogP) is 4.23. The van der Waals surface area contributed by atoms with Crippen LogP contribution in [-0.2, 0) is 17.6 Å². The van der Waals surface area contributed by atoms with Gasteiger partial charge in [0.1, 0.15) is 5.52 Å². The van der Waals surface area contributed by atoms with E-state index in [2.05, 4.69) is 30.5 Å². The Hall–Kier alpha value is -2.23. The highest BCUT2D eigenvalue weighted by Gasteiger charge is 2.17. The third-order valence-corrected chi connectivity index (χ3v) is 6.73. The van der Waals surface area contributed by atoms with E-state index in [1.807, 2.05) is 18.2 Å². The zero-order chi connectivity index (χ0) is 19.1. The number of fused-ring (bicyclic) bond motifs is 4. The molecule has 1 aromatic carbocycles. The Morgan fingerprint density at radius 3 is 3.04 bits per heavy atom. The largest absolute Gasteiger partial charge is 0.338 e. The molecule has 1 amide bonds. The summed E-state index contributed by atoms with van der Waals surface area (Å²) < 4.78 is 0. The lowest BCUT2D eigenvalue weighted by Gasteiger charge is -2.06. The monoisotopic (exact) mass is 430 g/mol. The summed E-state index contributed by atoms with van der Waals surface area (Å²) in [7, 11) is 0. The van der Waals surface area contributed by atoms with Crippen LogP contribution in [0.5, 0.6) is 0 Å². The summed E-state index contributed by atoms with van der Waals surface area (Å²) in [5.74, 6) is 0.0759. The van der Waals surface area contributed by atoms with Crippen molar-refractivity contribution in [2.75, 3.05) is 11.1 Å². The first-order chi connectivity index (χ1) is 13.7. The molecule has 1 aliphatic carbocycles. The Morgan fingerprint density at radius 2 is 2.14 bits per heavy atom. The van der Waals surface area contributed by atoms with Crippen LogP contribution in [-0.4, -0.2) is 36.8 Å². The molecule has 0 radical (unpaired) electrons. The topological polar surface area (TPSA) is 96.5 Å². The van der Waals surface area contributed by atoms with Gasteiger partial charge in [0.05, 0.1) is 11.4 Å². The van der Waals surface area contributed by atoms with Crippen LogP contribution in [0.2, 0.25) is 5.02 Å². The number of carbonyl (C=O) groups is 1. The summed E-state index contributed by atoms with van der Waals surface area (Å²) in [6, 6.07) is 5.53. The molecule has 4 aromatic rings. The fraction of sp³-hybridized carbons (Fsp3) is 0.278. The zero-order valence-corrected chi connectivity index (χ0v) is 17.0. The molecule has 0 bridgehead atoms. The highest BCUT2D eigenvalue weighted by Crippen LogP contribution is 2.30. The van der Waals surface area contributed by atoms with Crippen LogP contribution in [0.3, 0.4) is 0 Å². The molecule has 0 saturated carbocycles. The van der Waals surface area contributed by atoms with Crippen molar-refractivity contribution in [1.29, 1.82) is 0 Å². The Balaban J connectivity index is 1.28. The maximum Gasteiger partial charge on any atom is 0.236 e. The number of aryl methyl sites for hydroxylation is 2. The van der Waals surface area contributed by atoms with Gasteiger partial charge >= 0.3 is 0 Å². The number of anilines is 1. The van der Waals surface area contributed by atoms with E-state index in [0.717, 1.165) is 29.4 Å². The average Bonchev–Trinajstić information content (AvgIpc) is 3.26. The van der Waals surface area contributed by atoms with E-state index < -0.39 is 0 Å². The van der Waals surface area contributed by atoms with Crippen LogP contribution >= 0.6 is 34.7 Å². The number of thiazole rings is 1. The van der Waals surface area contributed by atoms with E-state index in [4.69, 9.17) is 11.6 Å². The third-order valence-electron chi connectivity index (χ3n) is 4.58. The molecule has 0 spiro atoms. The van der Waals surface area contributed by atoms with Crippen molar-refractivity contribution in [2.24, 2.45) is 0 Å². The average molecular weight is 431 g/mol. The molecule has 0 unspecified atom stereocenters. The molecular weight excluding hydrogens is 416 g/mol. The number of rotatable bonds is 4. The number of hydrogen-bond acceptors (Lipinski definition) is 7. The molecule has 10 heteroatoms. The van der Waals surface area contributed by atoms with Gasteiger partial charge in [-0.1, -0.05) is 23.4 Å². The molecule has 7 nitrogen and oxygen atoms in total. The number of nitrogens with one attached hydrogen (secondary N) is 2. The molecule has 3 aromatic heterocycles. The van der Waals surface area contributed by atoms with Gasteiger partial charge in [-0.3, -0.25) is 4.79 Å². The summed E-state index contributed by atoms with van der Waals surface area (Å²) in [5, 5.41) is 13.9. The van der Waals surface area contributed by atoms with Gasteiger partial charge in [0, 0.05) is 20.8 Å². The molecule has 0 aliphatic heterocycles. The van der Waals surface area contributed by atoms with E-state index in [9.17, 15) is 4.79 Å². The van der Waals surface area contributed by atoms with Crippen molar-refractivity contribution in [3.63, 3.8) is 0 Å². The minimum absolute atomic E-state index is 0.122. The van der Waals surface area contributed by atoms with E-state index in [1.165, 1.54) is 29.5 Å². The number of H-pyrrole nitrogens is 1. The predicted molar refractivity (Wildman–Crippen MR) is 112 cm³/mol. The first-order valence-electron chi connectivity index (χ1n) is 8.88. The molecule has 2 N–H and O–H groups in total. The second-order valence-electron chi connectivity index (χ2n) is 6.54. The third kappa shape index (κ3) is 3.45. The van der Waals surface area contributed by atoms with Crippen LogP contribution in [0.25, 0.3) is 22.1 Å². The van der Waals surface area contributed by atoms with E-state index in [1.54, 1.807) is 11.3 Å². The lowest BCUT2D eigenvalue weighted by molar-refractivity contribution is -0.113. The number of nitrogens with zero attached hydrogens (tertiary/aromatic N) is 4. The summed E-state index contributed by atoms with van der Waals surface area (Å²) in [6.07, 6.45) is 4.44. The normalized spacial score (nSPS) is 13.8. The lowest BCUT2D eigenvalue weighted by atomic mass is 10.0. The van der Waals surface area contributed by atoms with Gasteiger partial charge < -0.3 is 10.3 Å². The van der Waals surface area contributed by atoms with Crippen molar-refractivity contribution in [1.82, 2.24) is 25.1 Å². The van der Waals surface area contributed by atoms with Gasteiger partial charge in [-0.25, -0.2) is 9.97 Å². The molecular formula is C18H15ClN6OS2. The molecule has 0 fully saturated rings. The summed E-state index contributed by atoms with van der Waals surface area (Å²) in [4.78, 5) is 25.8. The number of aromatic nitrogens is 5. The summed E-state index contributed by atoms with van der Waals surface area (Å²) in [5.41, 5.74) is 3.33. The molecule has 5 rings (SSSR count). The standard InChI is InChI=1S/C18H15ClN6OS2/c19-9-5-6-11-10(7-9)15-16(20-11)23-18(25-24-15)27-8-14(26)22-17-21-12-3-1-2-4-13(12)28-17/h5-7H,1-4,8H2,(H,20,23,25)(H,21,22,26). The molecule has 1 aliphatic rings. The van der Waals surface area contributed by atoms with Gasteiger partial charge in [0.25, 0.3) is 0 Å². The summed E-state index contributed by atoms with van der Waals surface area (Å²) in [6.45, 7) is 0.